The van der Waals surface area contributed by atoms with Crippen molar-refractivity contribution in [2.75, 3.05) is 39.4 Å². The minimum Gasteiger partial charge on any atom is -0.494 e. The van der Waals surface area contributed by atoms with Gasteiger partial charge in [0.05, 0.1) is 24.2 Å². The van der Waals surface area contributed by atoms with Crippen LogP contribution in [-0.2, 0) is 14.8 Å². The molecule has 3 rings (SSSR count). The largest absolute Gasteiger partial charge is 0.494 e. The summed E-state index contributed by atoms with van der Waals surface area (Å²) in [6.07, 6.45) is 0.824. The zero-order valence-corrected chi connectivity index (χ0v) is 18.0. The second-order valence-electron chi connectivity index (χ2n) is 7.18. The first-order valence-corrected chi connectivity index (χ1v) is 11.6. The standard InChI is InChI=1S/C22H30N2O4S/c1-3-27-21-11-10-20(16-18(21)2)29(25,26)23-12-7-13-24-14-15-28-22(17-24)19-8-5-4-6-9-19/h4-6,8-11,16,22-23H,3,7,12-15,17H2,1-2H3/t22-/m0/s1. The van der Waals surface area contributed by atoms with Gasteiger partial charge in [-0.2, -0.15) is 0 Å². The maximum atomic E-state index is 12.6. The van der Waals surface area contributed by atoms with Gasteiger partial charge in [-0.05, 0) is 56.1 Å². The zero-order valence-electron chi connectivity index (χ0n) is 17.1. The van der Waals surface area contributed by atoms with E-state index in [4.69, 9.17) is 9.47 Å². The van der Waals surface area contributed by atoms with Crippen LogP contribution >= 0.6 is 0 Å². The highest BCUT2D eigenvalue weighted by Gasteiger charge is 2.21. The fourth-order valence-electron chi connectivity index (χ4n) is 3.47. The van der Waals surface area contributed by atoms with E-state index < -0.39 is 10.0 Å². The molecule has 1 N–H and O–H groups in total. The Balaban J connectivity index is 1.47. The van der Waals surface area contributed by atoms with E-state index in [0.29, 0.717) is 25.5 Å². The molecule has 0 radical (unpaired) electrons. The summed E-state index contributed by atoms with van der Waals surface area (Å²) in [6.45, 7) is 7.94. The van der Waals surface area contributed by atoms with Crippen molar-refractivity contribution in [2.24, 2.45) is 0 Å². The van der Waals surface area contributed by atoms with Crippen LogP contribution in [-0.4, -0.2) is 52.7 Å². The average molecular weight is 419 g/mol. The third-order valence-corrected chi connectivity index (χ3v) is 6.48. The number of sulfonamides is 1. The quantitative estimate of drug-likeness (QED) is 0.634. The number of hydrogen-bond acceptors (Lipinski definition) is 5. The topological polar surface area (TPSA) is 67.9 Å². The molecular formula is C22H30N2O4S. The molecule has 0 bridgehead atoms. The van der Waals surface area contributed by atoms with E-state index in [0.717, 1.165) is 31.6 Å². The van der Waals surface area contributed by atoms with E-state index >= 15 is 0 Å². The molecule has 0 saturated carbocycles. The average Bonchev–Trinajstić information content (AvgIpc) is 2.74. The summed E-state index contributed by atoms with van der Waals surface area (Å²) >= 11 is 0. The fourth-order valence-corrected chi connectivity index (χ4v) is 4.63. The minimum atomic E-state index is -3.52. The lowest BCUT2D eigenvalue weighted by Crippen LogP contribution is -2.39. The molecule has 158 valence electrons. The van der Waals surface area contributed by atoms with Crippen molar-refractivity contribution in [2.45, 2.75) is 31.3 Å². The van der Waals surface area contributed by atoms with Crippen LogP contribution < -0.4 is 9.46 Å². The Hall–Kier alpha value is -1.93. The normalized spacial score (nSPS) is 17.9. The van der Waals surface area contributed by atoms with Gasteiger partial charge in [0.15, 0.2) is 0 Å². The van der Waals surface area contributed by atoms with Gasteiger partial charge in [0, 0.05) is 19.6 Å². The van der Waals surface area contributed by atoms with Gasteiger partial charge in [-0.15, -0.1) is 0 Å². The fraction of sp³-hybridized carbons (Fsp3) is 0.455. The summed E-state index contributed by atoms with van der Waals surface area (Å²) in [6, 6.07) is 15.2. The summed E-state index contributed by atoms with van der Waals surface area (Å²) in [5.74, 6) is 0.715. The number of benzene rings is 2. The molecule has 0 aromatic heterocycles. The first-order chi connectivity index (χ1) is 14.0. The molecule has 1 heterocycles. The van der Waals surface area contributed by atoms with E-state index in [1.165, 1.54) is 5.56 Å². The zero-order chi connectivity index (χ0) is 20.7. The summed E-state index contributed by atoms with van der Waals surface area (Å²) in [7, 11) is -3.52. The maximum absolute atomic E-state index is 12.6. The van der Waals surface area contributed by atoms with Crippen LogP contribution in [0.15, 0.2) is 53.4 Å². The molecule has 0 aliphatic carbocycles. The number of rotatable bonds is 9. The van der Waals surface area contributed by atoms with Crippen molar-refractivity contribution in [3.8, 4) is 5.75 Å². The van der Waals surface area contributed by atoms with Crippen molar-refractivity contribution >= 4 is 10.0 Å². The molecule has 1 aliphatic heterocycles. The van der Waals surface area contributed by atoms with E-state index in [1.54, 1.807) is 18.2 Å². The van der Waals surface area contributed by atoms with Crippen molar-refractivity contribution in [3.63, 3.8) is 0 Å². The Kier molecular flexibility index (Phi) is 7.66. The molecule has 1 saturated heterocycles. The highest BCUT2D eigenvalue weighted by Crippen LogP contribution is 2.23. The minimum absolute atomic E-state index is 0.0773. The Morgan fingerprint density at radius 2 is 2.00 bits per heavy atom. The van der Waals surface area contributed by atoms with Gasteiger partial charge in [0.25, 0.3) is 0 Å². The van der Waals surface area contributed by atoms with Gasteiger partial charge in [-0.1, -0.05) is 30.3 Å². The summed E-state index contributed by atoms with van der Waals surface area (Å²) < 4.78 is 39.2. The van der Waals surface area contributed by atoms with E-state index in [2.05, 4.69) is 21.8 Å². The molecule has 1 atom stereocenters. The third-order valence-electron chi connectivity index (χ3n) is 5.02. The number of nitrogens with zero attached hydrogens (tertiary/aromatic N) is 1. The molecule has 1 fully saturated rings. The second-order valence-corrected chi connectivity index (χ2v) is 8.95. The smallest absolute Gasteiger partial charge is 0.240 e. The van der Waals surface area contributed by atoms with Crippen molar-refractivity contribution in [1.29, 1.82) is 0 Å². The van der Waals surface area contributed by atoms with E-state index in [1.807, 2.05) is 32.0 Å². The molecule has 1 aliphatic rings. The van der Waals surface area contributed by atoms with Crippen LogP contribution in [0.25, 0.3) is 0 Å². The molecule has 6 nitrogen and oxygen atoms in total. The Morgan fingerprint density at radius 1 is 1.21 bits per heavy atom. The van der Waals surface area contributed by atoms with Crippen molar-refractivity contribution in [1.82, 2.24) is 9.62 Å². The molecular weight excluding hydrogens is 388 g/mol. The molecule has 7 heteroatoms. The van der Waals surface area contributed by atoms with Crippen LogP contribution in [0, 0.1) is 6.92 Å². The van der Waals surface area contributed by atoms with Crippen molar-refractivity contribution < 1.29 is 17.9 Å². The summed E-state index contributed by atoms with van der Waals surface area (Å²) in [5, 5.41) is 0. The second kappa shape index (κ2) is 10.2. The van der Waals surface area contributed by atoms with Gasteiger partial charge >= 0.3 is 0 Å². The Labute approximate surface area is 173 Å². The first kappa shape index (κ1) is 21.8. The predicted molar refractivity (Wildman–Crippen MR) is 114 cm³/mol. The molecule has 0 unspecified atom stereocenters. The number of ether oxygens (including phenoxy) is 2. The van der Waals surface area contributed by atoms with E-state index in [-0.39, 0.29) is 11.0 Å². The van der Waals surface area contributed by atoms with Crippen LogP contribution in [0.4, 0.5) is 0 Å². The number of morpholine rings is 1. The van der Waals surface area contributed by atoms with Crippen LogP contribution in [0.2, 0.25) is 0 Å². The third kappa shape index (κ3) is 6.02. The number of hydrogen-bond donors (Lipinski definition) is 1. The SMILES string of the molecule is CCOc1ccc(S(=O)(=O)NCCCN2CCO[C@H](c3ccccc3)C2)cc1C. The van der Waals surface area contributed by atoms with Gasteiger partial charge in [0.1, 0.15) is 5.75 Å². The number of aryl methyl sites for hydroxylation is 1. The highest BCUT2D eigenvalue weighted by molar-refractivity contribution is 7.89. The summed E-state index contributed by atoms with van der Waals surface area (Å²) in [5.41, 5.74) is 2.00. The molecule has 2 aromatic rings. The molecule has 2 aromatic carbocycles. The Bertz CT molecular complexity index is 887. The van der Waals surface area contributed by atoms with Gasteiger partial charge in [-0.25, -0.2) is 13.1 Å². The first-order valence-electron chi connectivity index (χ1n) is 10.1. The van der Waals surface area contributed by atoms with Gasteiger partial charge in [0.2, 0.25) is 10.0 Å². The van der Waals surface area contributed by atoms with Gasteiger partial charge in [-0.3, -0.25) is 4.90 Å². The van der Waals surface area contributed by atoms with Crippen LogP contribution in [0.1, 0.15) is 30.6 Å². The number of nitrogens with one attached hydrogen (secondary N) is 1. The predicted octanol–water partition coefficient (Wildman–Crippen LogP) is 3.14. The lowest BCUT2D eigenvalue weighted by atomic mass is 10.1. The van der Waals surface area contributed by atoms with E-state index in [9.17, 15) is 8.42 Å². The Morgan fingerprint density at radius 3 is 2.72 bits per heavy atom. The molecule has 29 heavy (non-hydrogen) atoms. The van der Waals surface area contributed by atoms with Gasteiger partial charge < -0.3 is 9.47 Å². The lowest BCUT2D eigenvalue weighted by Gasteiger charge is -2.33. The summed E-state index contributed by atoms with van der Waals surface area (Å²) in [4.78, 5) is 2.60. The lowest BCUT2D eigenvalue weighted by molar-refractivity contribution is -0.0300. The van der Waals surface area contributed by atoms with Crippen molar-refractivity contribution in [3.05, 3.63) is 59.7 Å². The highest BCUT2D eigenvalue weighted by atomic mass is 32.2. The van der Waals surface area contributed by atoms with Crippen LogP contribution in [0.5, 0.6) is 5.75 Å². The molecule has 0 spiro atoms. The monoisotopic (exact) mass is 418 g/mol. The molecule has 0 amide bonds. The maximum Gasteiger partial charge on any atom is 0.240 e. The van der Waals surface area contributed by atoms with Crippen LogP contribution in [0.3, 0.4) is 0 Å².